The third kappa shape index (κ3) is 7.24. The first kappa shape index (κ1) is 20.7. The molecule has 0 radical (unpaired) electrons. The normalized spacial score (nSPS) is 15.1. The maximum atomic E-state index is 12.3. The van der Waals surface area contributed by atoms with Gasteiger partial charge >= 0.3 is 6.09 Å². The molecule has 27 heavy (non-hydrogen) atoms. The second-order valence-corrected chi connectivity index (χ2v) is 7.52. The SMILES string of the molecule is CC(C)(C)OC(=O)NCCC(=O)N1CCC(NC(=O)c2ccccn2)CC1. The van der Waals surface area contributed by atoms with E-state index in [2.05, 4.69) is 15.6 Å². The van der Waals surface area contributed by atoms with Crippen LogP contribution in [0.25, 0.3) is 0 Å². The maximum absolute atomic E-state index is 12.3. The number of carbonyl (C=O) groups is 3. The average Bonchev–Trinajstić information content (AvgIpc) is 2.61. The van der Waals surface area contributed by atoms with E-state index in [1.165, 1.54) is 0 Å². The first-order chi connectivity index (χ1) is 12.7. The molecular formula is C19H28N4O4. The van der Waals surface area contributed by atoms with Gasteiger partial charge in [0.25, 0.3) is 5.91 Å². The van der Waals surface area contributed by atoms with E-state index in [0.717, 1.165) is 0 Å². The Balaban J connectivity index is 1.67. The highest BCUT2D eigenvalue weighted by atomic mass is 16.6. The number of alkyl carbamates (subject to hydrolysis) is 1. The number of amides is 3. The molecule has 0 spiro atoms. The summed E-state index contributed by atoms with van der Waals surface area (Å²) in [7, 11) is 0. The number of hydrogen-bond donors (Lipinski definition) is 2. The van der Waals surface area contributed by atoms with E-state index in [0.29, 0.717) is 31.6 Å². The Bertz CT molecular complexity index is 649. The minimum atomic E-state index is -0.560. The number of rotatable bonds is 5. The van der Waals surface area contributed by atoms with Gasteiger partial charge in [0.2, 0.25) is 5.91 Å². The number of nitrogens with one attached hydrogen (secondary N) is 2. The van der Waals surface area contributed by atoms with E-state index >= 15 is 0 Å². The summed E-state index contributed by atoms with van der Waals surface area (Å²) in [6, 6.07) is 5.24. The van der Waals surface area contributed by atoms with Gasteiger partial charge in [0.05, 0.1) is 0 Å². The molecule has 1 saturated heterocycles. The molecule has 3 amide bonds. The molecule has 0 aromatic carbocycles. The molecule has 0 saturated carbocycles. The molecule has 1 aliphatic rings. The van der Waals surface area contributed by atoms with Crippen LogP contribution < -0.4 is 10.6 Å². The van der Waals surface area contributed by atoms with E-state index < -0.39 is 11.7 Å². The van der Waals surface area contributed by atoms with Gasteiger partial charge in [-0.25, -0.2) is 4.79 Å². The molecule has 1 aromatic heterocycles. The molecule has 2 heterocycles. The first-order valence-corrected chi connectivity index (χ1v) is 9.21. The molecular weight excluding hydrogens is 348 g/mol. The fraction of sp³-hybridized carbons (Fsp3) is 0.579. The topological polar surface area (TPSA) is 101 Å². The number of pyridine rings is 1. The van der Waals surface area contributed by atoms with Gasteiger partial charge in [-0.05, 0) is 45.7 Å². The summed E-state index contributed by atoms with van der Waals surface area (Å²) < 4.78 is 5.13. The van der Waals surface area contributed by atoms with Crippen LogP contribution in [0.5, 0.6) is 0 Å². The predicted molar refractivity (Wildman–Crippen MR) is 100 cm³/mol. The molecule has 8 heteroatoms. The van der Waals surface area contributed by atoms with Gasteiger partial charge in [-0.3, -0.25) is 14.6 Å². The zero-order valence-electron chi connectivity index (χ0n) is 16.2. The lowest BCUT2D eigenvalue weighted by Crippen LogP contribution is -2.47. The van der Waals surface area contributed by atoms with Gasteiger partial charge in [0.15, 0.2) is 0 Å². The Labute approximate surface area is 159 Å². The summed E-state index contributed by atoms with van der Waals surface area (Å²) in [5.74, 6) is -0.206. The number of carbonyl (C=O) groups excluding carboxylic acids is 3. The number of piperidine rings is 1. The Hall–Kier alpha value is -2.64. The summed E-state index contributed by atoms with van der Waals surface area (Å²) in [6.07, 6.45) is 2.69. The van der Waals surface area contributed by atoms with Crippen LogP contribution in [-0.4, -0.2) is 59.1 Å². The van der Waals surface area contributed by atoms with Crippen molar-refractivity contribution in [1.29, 1.82) is 0 Å². The second-order valence-electron chi connectivity index (χ2n) is 7.52. The number of hydrogen-bond acceptors (Lipinski definition) is 5. The van der Waals surface area contributed by atoms with Crippen molar-refractivity contribution in [3.63, 3.8) is 0 Å². The molecule has 1 aromatic rings. The number of likely N-dealkylation sites (tertiary alicyclic amines) is 1. The summed E-state index contributed by atoms with van der Waals surface area (Å²) in [5.41, 5.74) is -0.167. The molecule has 148 valence electrons. The minimum Gasteiger partial charge on any atom is -0.444 e. The number of nitrogens with zero attached hydrogens (tertiary/aromatic N) is 2. The largest absolute Gasteiger partial charge is 0.444 e. The van der Waals surface area contributed by atoms with Crippen LogP contribution in [0.1, 0.15) is 50.5 Å². The van der Waals surface area contributed by atoms with Crippen molar-refractivity contribution >= 4 is 17.9 Å². The molecule has 0 atom stereocenters. The highest BCUT2D eigenvalue weighted by Gasteiger charge is 2.24. The van der Waals surface area contributed by atoms with Gasteiger partial charge in [-0.1, -0.05) is 6.07 Å². The molecule has 0 aliphatic carbocycles. The van der Waals surface area contributed by atoms with Gasteiger partial charge in [0, 0.05) is 38.3 Å². The Morgan fingerprint density at radius 2 is 1.93 bits per heavy atom. The van der Waals surface area contributed by atoms with Gasteiger partial charge in [-0.15, -0.1) is 0 Å². The molecule has 1 fully saturated rings. The van der Waals surface area contributed by atoms with Crippen LogP contribution in [0, 0.1) is 0 Å². The monoisotopic (exact) mass is 376 g/mol. The smallest absolute Gasteiger partial charge is 0.407 e. The van der Waals surface area contributed by atoms with Crippen LogP contribution in [0.3, 0.4) is 0 Å². The van der Waals surface area contributed by atoms with Crippen LogP contribution >= 0.6 is 0 Å². The van der Waals surface area contributed by atoms with Crippen molar-refractivity contribution < 1.29 is 19.1 Å². The highest BCUT2D eigenvalue weighted by Crippen LogP contribution is 2.12. The fourth-order valence-electron chi connectivity index (χ4n) is 2.77. The summed E-state index contributed by atoms with van der Waals surface area (Å²) in [4.78, 5) is 41.8. The zero-order valence-corrected chi connectivity index (χ0v) is 16.2. The van der Waals surface area contributed by atoms with Crippen LogP contribution in [0.4, 0.5) is 4.79 Å². The lowest BCUT2D eigenvalue weighted by Gasteiger charge is -2.32. The van der Waals surface area contributed by atoms with E-state index in [9.17, 15) is 14.4 Å². The van der Waals surface area contributed by atoms with Crippen molar-refractivity contribution in [2.45, 2.75) is 51.7 Å². The number of aromatic nitrogens is 1. The Kier molecular flexibility index (Phi) is 7.15. The summed E-state index contributed by atoms with van der Waals surface area (Å²) in [6.45, 7) is 6.76. The van der Waals surface area contributed by atoms with Crippen molar-refractivity contribution in [1.82, 2.24) is 20.5 Å². The van der Waals surface area contributed by atoms with Crippen molar-refractivity contribution in [2.24, 2.45) is 0 Å². The van der Waals surface area contributed by atoms with E-state index in [1.807, 2.05) is 0 Å². The van der Waals surface area contributed by atoms with Gasteiger partial charge in [0.1, 0.15) is 11.3 Å². The summed E-state index contributed by atoms with van der Waals surface area (Å²) >= 11 is 0. The molecule has 1 aliphatic heterocycles. The van der Waals surface area contributed by atoms with Crippen LogP contribution in [0.15, 0.2) is 24.4 Å². The molecule has 0 unspecified atom stereocenters. The average molecular weight is 376 g/mol. The second kappa shape index (κ2) is 9.34. The zero-order chi connectivity index (χ0) is 19.9. The molecule has 8 nitrogen and oxygen atoms in total. The quantitative estimate of drug-likeness (QED) is 0.815. The predicted octanol–water partition coefficient (Wildman–Crippen LogP) is 1.72. The third-order valence-electron chi connectivity index (χ3n) is 4.09. The minimum absolute atomic E-state index is 0.0134. The maximum Gasteiger partial charge on any atom is 0.407 e. The molecule has 0 bridgehead atoms. The highest BCUT2D eigenvalue weighted by molar-refractivity contribution is 5.92. The standard InChI is InChI=1S/C19H28N4O4/c1-19(2,3)27-18(26)21-11-7-16(24)23-12-8-14(9-13-23)22-17(25)15-6-4-5-10-20-15/h4-6,10,14H,7-9,11-13H2,1-3H3,(H,21,26)(H,22,25). The third-order valence-corrected chi connectivity index (χ3v) is 4.09. The van der Waals surface area contributed by atoms with Crippen LogP contribution in [-0.2, 0) is 9.53 Å². The Morgan fingerprint density at radius 1 is 1.22 bits per heavy atom. The molecule has 2 rings (SSSR count). The lowest BCUT2D eigenvalue weighted by atomic mass is 10.0. The summed E-state index contributed by atoms with van der Waals surface area (Å²) in [5, 5.41) is 5.55. The van der Waals surface area contributed by atoms with E-state index in [-0.39, 0.29) is 30.8 Å². The Morgan fingerprint density at radius 3 is 2.52 bits per heavy atom. The van der Waals surface area contributed by atoms with E-state index in [1.54, 1.807) is 50.1 Å². The number of ether oxygens (including phenoxy) is 1. The lowest BCUT2D eigenvalue weighted by molar-refractivity contribution is -0.132. The fourth-order valence-corrected chi connectivity index (χ4v) is 2.77. The van der Waals surface area contributed by atoms with E-state index in [4.69, 9.17) is 4.74 Å². The molecule has 2 N–H and O–H groups in total. The van der Waals surface area contributed by atoms with Gasteiger partial charge in [-0.2, -0.15) is 0 Å². The van der Waals surface area contributed by atoms with Crippen molar-refractivity contribution in [2.75, 3.05) is 19.6 Å². The van der Waals surface area contributed by atoms with Crippen molar-refractivity contribution in [3.05, 3.63) is 30.1 Å². The van der Waals surface area contributed by atoms with Crippen molar-refractivity contribution in [3.8, 4) is 0 Å². The van der Waals surface area contributed by atoms with Crippen LogP contribution in [0.2, 0.25) is 0 Å². The first-order valence-electron chi connectivity index (χ1n) is 9.21. The van der Waals surface area contributed by atoms with Gasteiger partial charge < -0.3 is 20.3 Å².